The predicted octanol–water partition coefficient (Wildman–Crippen LogP) is 3.49. The van der Waals surface area contributed by atoms with Crippen molar-refractivity contribution < 1.29 is 9.18 Å². The van der Waals surface area contributed by atoms with Crippen molar-refractivity contribution in [1.29, 1.82) is 0 Å². The van der Waals surface area contributed by atoms with Crippen LogP contribution in [0.2, 0.25) is 0 Å². The highest BCUT2D eigenvalue weighted by atomic mass is 19.1. The largest absolute Gasteiger partial charge is 0.310 e. The van der Waals surface area contributed by atoms with Gasteiger partial charge in [0.25, 0.3) is 0 Å². The molecule has 2 aliphatic rings. The standard InChI is InChI=1S/C23H25FN6O/c24-19-13-30(14-19)12-15-1-3-16(4-2-15)23(31)29-22-8-17-7-18(9-27-21(17)11-28-22)20-10-25-5-6-26-20/h5-11,15-16,19H,1-4,12-14H2,(H,28,29,31). The molecule has 3 aromatic rings. The first kappa shape index (κ1) is 19.9. The van der Waals surface area contributed by atoms with E-state index in [0.717, 1.165) is 54.4 Å². The van der Waals surface area contributed by atoms with Crippen LogP contribution in [0.15, 0.2) is 43.1 Å². The van der Waals surface area contributed by atoms with Gasteiger partial charge in [-0.25, -0.2) is 9.37 Å². The molecule has 8 heteroatoms. The Balaban J connectivity index is 1.21. The number of fused-ring (bicyclic) bond motifs is 1. The van der Waals surface area contributed by atoms with Crippen molar-refractivity contribution in [3.05, 3.63) is 43.1 Å². The van der Waals surface area contributed by atoms with Crippen molar-refractivity contribution in [2.75, 3.05) is 25.0 Å². The lowest BCUT2D eigenvalue weighted by Gasteiger charge is -2.38. The molecule has 0 atom stereocenters. The fourth-order valence-electron chi connectivity index (χ4n) is 4.54. The lowest BCUT2D eigenvalue weighted by atomic mass is 9.81. The van der Waals surface area contributed by atoms with Gasteiger partial charge in [0, 0.05) is 55.1 Å². The Morgan fingerprint density at radius 3 is 2.61 bits per heavy atom. The number of alkyl halides is 1. The van der Waals surface area contributed by atoms with Crippen molar-refractivity contribution >= 4 is 22.6 Å². The van der Waals surface area contributed by atoms with Gasteiger partial charge < -0.3 is 5.32 Å². The average molecular weight is 420 g/mol. The second-order valence-corrected chi connectivity index (χ2v) is 8.60. The van der Waals surface area contributed by atoms with Crippen LogP contribution in [0.25, 0.3) is 22.2 Å². The summed E-state index contributed by atoms with van der Waals surface area (Å²) in [4.78, 5) is 32.2. The summed E-state index contributed by atoms with van der Waals surface area (Å²) in [7, 11) is 0. The van der Waals surface area contributed by atoms with Crippen LogP contribution in [0.1, 0.15) is 25.7 Å². The molecule has 2 fully saturated rings. The first-order chi connectivity index (χ1) is 15.1. The summed E-state index contributed by atoms with van der Waals surface area (Å²) in [5, 5.41) is 3.87. The van der Waals surface area contributed by atoms with E-state index in [1.165, 1.54) is 0 Å². The monoisotopic (exact) mass is 420 g/mol. The van der Waals surface area contributed by atoms with E-state index in [2.05, 4.69) is 30.2 Å². The highest BCUT2D eigenvalue weighted by Gasteiger charge is 2.31. The topological polar surface area (TPSA) is 83.9 Å². The quantitative estimate of drug-likeness (QED) is 0.680. The van der Waals surface area contributed by atoms with E-state index in [9.17, 15) is 9.18 Å². The number of halogens is 1. The molecule has 1 N–H and O–H groups in total. The average Bonchev–Trinajstić information content (AvgIpc) is 2.78. The summed E-state index contributed by atoms with van der Waals surface area (Å²) < 4.78 is 13.0. The lowest BCUT2D eigenvalue weighted by molar-refractivity contribution is -0.121. The third kappa shape index (κ3) is 4.54. The Hall–Kier alpha value is -3.00. The minimum absolute atomic E-state index is 0.00288. The number of aromatic nitrogens is 4. The fraction of sp³-hybridized carbons (Fsp3) is 0.435. The minimum Gasteiger partial charge on any atom is -0.310 e. The third-order valence-corrected chi connectivity index (χ3v) is 6.32. The first-order valence-electron chi connectivity index (χ1n) is 10.8. The molecule has 160 valence electrons. The Morgan fingerprint density at radius 2 is 1.87 bits per heavy atom. The first-order valence-corrected chi connectivity index (χ1v) is 10.8. The molecule has 0 aromatic carbocycles. The number of rotatable bonds is 5. The molecule has 0 radical (unpaired) electrons. The van der Waals surface area contributed by atoms with E-state index >= 15 is 0 Å². The van der Waals surface area contributed by atoms with Crippen LogP contribution in [-0.2, 0) is 4.79 Å². The maximum absolute atomic E-state index is 13.0. The number of nitrogens with zero attached hydrogens (tertiary/aromatic N) is 5. The molecule has 1 saturated heterocycles. The SMILES string of the molecule is O=C(Nc1cc2cc(-c3cnccn3)cnc2cn1)C1CCC(CN2CC(F)C2)CC1. The normalized spacial score (nSPS) is 22.2. The van der Waals surface area contributed by atoms with Gasteiger partial charge in [-0.05, 0) is 43.7 Å². The van der Waals surface area contributed by atoms with Gasteiger partial charge in [-0.1, -0.05) is 0 Å². The Kier molecular flexibility index (Phi) is 5.55. The number of amides is 1. The van der Waals surface area contributed by atoms with Crippen molar-refractivity contribution in [3.63, 3.8) is 0 Å². The molecule has 0 unspecified atom stereocenters. The van der Waals surface area contributed by atoms with E-state index in [4.69, 9.17) is 0 Å². The predicted molar refractivity (Wildman–Crippen MR) is 116 cm³/mol. The molecule has 1 aliphatic heterocycles. The van der Waals surface area contributed by atoms with Gasteiger partial charge in [0.1, 0.15) is 12.0 Å². The van der Waals surface area contributed by atoms with Crippen LogP contribution >= 0.6 is 0 Å². The number of hydrogen-bond acceptors (Lipinski definition) is 6. The number of carbonyl (C=O) groups is 1. The summed E-state index contributed by atoms with van der Waals surface area (Å²) in [6, 6.07) is 3.83. The van der Waals surface area contributed by atoms with Crippen LogP contribution in [0.4, 0.5) is 10.2 Å². The van der Waals surface area contributed by atoms with E-state index in [0.29, 0.717) is 24.8 Å². The molecule has 3 aromatic heterocycles. The lowest BCUT2D eigenvalue weighted by Crippen LogP contribution is -2.50. The van der Waals surface area contributed by atoms with Crippen molar-refractivity contribution in [1.82, 2.24) is 24.8 Å². The van der Waals surface area contributed by atoms with Crippen LogP contribution < -0.4 is 5.32 Å². The Morgan fingerprint density at radius 1 is 1.03 bits per heavy atom. The van der Waals surface area contributed by atoms with Gasteiger partial charge in [0.05, 0.1) is 23.6 Å². The maximum Gasteiger partial charge on any atom is 0.228 e. The molecular formula is C23H25FN6O. The van der Waals surface area contributed by atoms with Gasteiger partial charge in [-0.3, -0.25) is 24.6 Å². The zero-order valence-corrected chi connectivity index (χ0v) is 17.2. The van der Waals surface area contributed by atoms with Crippen LogP contribution in [0, 0.1) is 11.8 Å². The van der Waals surface area contributed by atoms with Crippen LogP contribution in [0.5, 0.6) is 0 Å². The van der Waals surface area contributed by atoms with Crippen LogP contribution in [-0.4, -0.2) is 56.5 Å². The number of anilines is 1. The molecule has 0 spiro atoms. The maximum atomic E-state index is 13.0. The summed E-state index contributed by atoms with van der Waals surface area (Å²) in [5.74, 6) is 1.13. The van der Waals surface area contributed by atoms with Gasteiger partial charge in [0.2, 0.25) is 5.91 Å². The molecule has 1 aliphatic carbocycles. The highest BCUT2D eigenvalue weighted by molar-refractivity contribution is 5.94. The molecule has 0 bridgehead atoms. The summed E-state index contributed by atoms with van der Waals surface area (Å²) >= 11 is 0. The summed E-state index contributed by atoms with van der Waals surface area (Å²) in [6.07, 6.45) is 11.5. The molecule has 1 amide bonds. The van der Waals surface area contributed by atoms with E-state index in [1.807, 2.05) is 12.1 Å². The number of hydrogen-bond donors (Lipinski definition) is 1. The van der Waals surface area contributed by atoms with E-state index < -0.39 is 6.17 Å². The van der Waals surface area contributed by atoms with Crippen LogP contribution in [0.3, 0.4) is 0 Å². The van der Waals surface area contributed by atoms with Gasteiger partial charge in [0.15, 0.2) is 0 Å². The van der Waals surface area contributed by atoms with E-state index in [-0.39, 0.29) is 11.8 Å². The Bertz CT molecular complexity index is 1060. The zero-order valence-electron chi connectivity index (χ0n) is 17.2. The van der Waals surface area contributed by atoms with Crippen molar-refractivity contribution in [2.24, 2.45) is 11.8 Å². The number of likely N-dealkylation sites (tertiary alicyclic amines) is 1. The number of carbonyl (C=O) groups excluding carboxylic acids is 1. The smallest absolute Gasteiger partial charge is 0.228 e. The minimum atomic E-state index is -0.650. The number of nitrogens with one attached hydrogen (secondary N) is 1. The Labute approximate surface area is 180 Å². The van der Waals surface area contributed by atoms with E-state index in [1.54, 1.807) is 31.0 Å². The highest BCUT2D eigenvalue weighted by Crippen LogP contribution is 2.31. The summed E-state index contributed by atoms with van der Waals surface area (Å²) in [6.45, 7) is 2.10. The van der Waals surface area contributed by atoms with Crippen molar-refractivity contribution in [2.45, 2.75) is 31.9 Å². The zero-order chi connectivity index (χ0) is 21.2. The molecule has 7 nitrogen and oxygen atoms in total. The van der Waals surface area contributed by atoms with Gasteiger partial charge in [-0.2, -0.15) is 0 Å². The van der Waals surface area contributed by atoms with Gasteiger partial charge >= 0.3 is 0 Å². The third-order valence-electron chi connectivity index (χ3n) is 6.32. The summed E-state index contributed by atoms with van der Waals surface area (Å²) in [5.41, 5.74) is 2.37. The van der Waals surface area contributed by atoms with Crippen molar-refractivity contribution in [3.8, 4) is 11.3 Å². The molecular weight excluding hydrogens is 395 g/mol. The molecule has 31 heavy (non-hydrogen) atoms. The molecule has 1 saturated carbocycles. The second-order valence-electron chi connectivity index (χ2n) is 8.60. The molecule has 5 rings (SSSR count). The number of pyridine rings is 2. The second kappa shape index (κ2) is 8.63. The van der Waals surface area contributed by atoms with Gasteiger partial charge in [-0.15, -0.1) is 0 Å². The molecule has 4 heterocycles. The fourth-order valence-corrected chi connectivity index (χ4v) is 4.54.